The van der Waals surface area contributed by atoms with Gasteiger partial charge in [0.15, 0.2) is 5.13 Å². The second-order valence-electron chi connectivity index (χ2n) is 4.50. The Hall–Kier alpha value is -1.48. The summed E-state index contributed by atoms with van der Waals surface area (Å²) in [5.41, 5.74) is 0.780. The van der Waals surface area contributed by atoms with E-state index in [0.717, 1.165) is 11.9 Å². The number of anilines is 1. The number of carbonyl (C=O) groups excluding carboxylic acids is 2. The molecule has 7 nitrogen and oxygen atoms in total. The molecule has 1 N–H and O–H groups in total. The molecular weight excluding hydrogens is 316 g/mol. The van der Waals surface area contributed by atoms with Crippen molar-refractivity contribution in [3.63, 3.8) is 0 Å². The first kappa shape index (κ1) is 17.6. The Morgan fingerprint density at radius 3 is 2.71 bits per heavy atom. The van der Waals surface area contributed by atoms with Gasteiger partial charge in [-0.1, -0.05) is 0 Å². The van der Waals surface area contributed by atoms with Gasteiger partial charge in [0.25, 0.3) is 0 Å². The van der Waals surface area contributed by atoms with Crippen LogP contribution in [0.4, 0.5) is 5.13 Å². The number of nitrogens with zero attached hydrogens (tertiary/aromatic N) is 1. The number of aromatic nitrogens is 1. The topological polar surface area (TPSA) is 102 Å². The fourth-order valence-corrected chi connectivity index (χ4v) is 2.77. The normalized spacial score (nSPS) is 11.1. The summed E-state index contributed by atoms with van der Waals surface area (Å²) >= 11 is 1.27. The fourth-order valence-electron chi connectivity index (χ4n) is 1.45. The lowest BCUT2D eigenvalue weighted by Gasteiger charge is -2.00. The van der Waals surface area contributed by atoms with E-state index in [1.165, 1.54) is 18.4 Å². The molecule has 1 rings (SSSR count). The van der Waals surface area contributed by atoms with E-state index in [2.05, 4.69) is 15.0 Å². The van der Waals surface area contributed by atoms with E-state index in [1.807, 2.05) is 0 Å². The molecule has 0 saturated carbocycles. The average molecular weight is 334 g/mol. The first-order valence-corrected chi connectivity index (χ1v) is 9.23. The third-order valence-corrected chi connectivity index (χ3v) is 4.29. The molecule has 0 spiro atoms. The van der Waals surface area contributed by atoms with E-state index >= 15 is 0 Å². The van der Waals surface area contributed by atoms with Crippen LogP contribution in [-0.2, 0) is 30.6 Å². The Labute approximate surface area is 127 Å². The number of rotatable bonds is 8. The van der Waals surface area contributed by atoms with Crippen LogP contribution in [0, 0.1) is 0 Å². The minimum Gasteiger partial charge on any atom is -0.469 e. The van der Waals surface area contributed by atoms with Crippen molar-refractivity contribution in [2.24, 2.45) is 0 Å². The summed E-state index contributed by atoms with van der Waals surface area (Å²) in [6, 6.07) is 0. The number of amides is 1. The predicted octanol–water partition coefficient (Wildman–Crippen LogP) is 1.01. The highest BCUT2D eigenvalue weighted by Crippen LogP contribution is 2.17. The molecule has 0 aromatic carbocycles. The van der Waals surface area contributed by atoms with E-state index in [0.29, 0.717) is 24.4 Å². The van der Waals surface area contributed by atoms with Crippen LogP contribution in [0.1, 0.15) is 25.0 Å². The smallest absolute Gasteiger partial charge is 0.305 e. The highest BCUT2D eigenvalue weighted by atomic mass is 32.2. The molecule has 0 aliphatic carbocycles. The number of aryl methyl sites for hydroxylation is 1. The number of methoxy groups -OCH3 is 1. The number of esters is 1. The maximum atomic E-state index is 11.5. The highest BCUT2D eigenvalue weighted by molar-refractivity contribution is 7.90. The third kappa shape index (κ3) is 7.76. The number of ether oxygens (including phenoxy) is 1. The molecule has 0 bridgehead atoms. The van der Waals surface area contributed by atoms with E-state index in [4.69, 9.17) is 0 Å². The summed E-state index contributed by atoms with van der Waals surface area (Å²) in [6.45, 7) is 0. The first-order chi connectivity index (χ1) is 9.80. The zero-order valence-electron chi connectivity index (χ0n) is 11.9. The van der Waals surface area contributed by atoms with Gasteiger partial charge in [0.05, 0.1) is 18.6 Å². The molecule has 21 heavy (non-hydrogen) atoms. The van der Waals surface area contributed by atoms with Gasteiger partial charge in [0.2, 0.25) is 5.91 Å². The van der Waals surface area contributed by atoms with E-state index in [-0.39, 0.29) is 24.1 Å². The van der Waals surface area contributed by atoms with Gasteiger partial charge < -0.3 is 10.1 Å². The molecular formula is C12H18N2O5S2. The van der Waals surface area contributed by atoms with Crippen molar-refractivity contribution in [1.29, 1.82) is 0 Å². The number of sulfone groups is 1. The van der Waals surface area contributed by atoms with Gasteiger partial charge in [-0.25, -0.2) is 13.4 Å². The van der Waals surface area contributed by atoms with Crippen molar-refractivity contribution in [3.8, 4) is 0 Å². The number of thiazole rings is 1. The quantitative estimate of drug-likeness (QED) is 0.712. The summed E-state index contributed by atoms with van der Waals surface area (Å²) in [6.07, 6.45) is 2.56. The maximum Gasteiger partial charge on any atom is 0.305 e. The maximum absolute atomic E-state index is 11.5. The highest BCUT2D eigenvalue weighted by Gasteiger charge is 2.10. The largest absolute Gasteiger partial charge is 0.469 e. The Balaban J connectivity index is 2.37. The summed E-state index contributed by atoms with van der Waals surface area (Å²) in [5, 5.41) is 4.78. The van der Waals surface area contributed by atoms with E-state index < -0.39 is 9.84 Å². The molecule has 0 saturated heterocycles. The molecule has 0 unspecified atom stereocenters. The summed E-state index contributed by atoms with van der Waals surface area (Å²) in [5.74, 6) is -0.827. The second-order valence-corrected chi connectivity index (χ2v) is 7.62. The Morgan fingerprint density at radius 1 is 1.38 bits per heavy atom. The number of hydrogen-bond acceptors (Lipinski definition) is 7. The van der Waals surface area contributed by atoms with Crippen LogP contribution < -0.4 is 5.32 Å². The molecule has 118 valence electrons. The zero-order chi connectivity index (χ0) is 15.9. The van der Waals surface area contributed by atoms with Crippen LogP contribution in [0.3, 0.4) is 0 Å². The number of hydrogen-bond donors (Lipinski definition) is 1. The SMILES string of the molecule is COC(=O)CCCc1csc(NC(=O)CCS(C)(=O)=O)n1. The molecule has 1 aromatic heterocycles. The van der Waals surface area contributed by atoms with Crippen LogP contribution in [0.25, 0.3) is 0 Å². The minimum atomic E-state index is -3.15. The molecule has 0 aliphatic rings. The lowest BCUT2D eigenvalue weighted by Crippen LogP contribution is -2.16. The Bertz CT molecular complexity index is 595. The Morgan fingerprint density at radius 2 is 2.10 bits per heavy atom. The van der Waals surface area contributed by atoms with E-state index in [1.54, 1.807) is 5.38 Å². The number of nitrogens with one attached hydrogen (secondary N) is 1. The summed E-state index contributed by atoms with van der Waals surface area (Å²) in [7, 11) is -1.81. The molecule has 0 radical (unpaired) electrons. The van der Waals surface area contributed by atoms with Crippen LogP contribution in [-0.4, -0.2) is 44.4 Å². The summed E-state index contributed by atoms with van der Waals surface area (Å²) in [4.78, 5) is 26.7. The van der Waals surface area contributed by atoms with Crippen LogP contribution >= 0.6 is 11.3 Å². The van der Waals surface area contributed by atoms with Gasteiger partial charge in [-0.3, -0.25) is 9.59 Å². The van der Waals surface area contributed by atoms with Crippen molar-refractivity contribution >= 4 is 38.2 Å². The van der Waals surface area contributed by atoms with Crippen molar-refractivity contribution in [3.05, 3.63) is 11.1 Å². The van der Waals surface area contributed by atoms with Crippen LogP contribution in [0.15, 0.2) is 5.38 Å². The van der Waals surface area contributed by atoms with Gasteiger partial charge >= 0.3 is 5.97 Å². The minimum absolute atomic E-state index is 0.0872. The standard InChI is InChI=1S/C12H18N2O5S2/c1-19-11(16)5-3-4-9-8-20-12(13-9)14-10(15)6-7-21(2,17)18/h8H,3-7H2,1-2H3,(H,13,14,15). The second kappa shape index (κ2) is 8.08. The molecule has 1 aromatic rings. The van der Waals surface area contributed by atoms with Crippen LogP contribution in [0.2, 0.25) is 0 Å². The first-order valence-electron chi connectivity index (χ1n) is 6.29. The van der Waals surface area contributed by atoms with Gasteiger partial charge in [0, 0.05) is 24.5 Å². The molecule has 0 aliphatic heterocycles. The van der Waals surface area contributed by atoms with Crippen LogP contribution in [0.5, 0.6) is 0 Å². The monoisotopic (exact) mass is 334 g/mol. The van der Waals surface area contributed by atoms with Crippen molar-refractivity contribution < 1.29 is 22.7 Å². The molecule has 0 fully saturated rings. The molecule has 1 heterocycles. The Kier molecular flexibility index (Phi) is 6.76. The van der Waals surface area contributed by atoms with Crippen molar-refractivity contribution in [2.75, 3.05) is 24.4 Å². The van der Waals surface area contributed by atoms with E-state index in [9.17, 15) is 18.0 Å². The van der Waals surface area contributed by atoms with Crippen molar-refractivity contribution in [1.82, 2.24) is 4.98 Å². The summed E-state index contributed by atoms with van der Waals surface area (Å²) < 4.78 is 26.5. The van der Waals surface area contributed by atoms with Gasteiger partial charge in [0.1, 0.15) is 9.84 Å². The van der Waals surface area contributed by atoms with Gasteiger partial charge in [-0.15, -0.1) is 11.3 Å². The van der Waals surface area contributed by atoms with Gasteiger partial charge in [-0.2, -0.15) is 0 Å². The third-order valence-electron chi connectivity index (χ3n) is 2.54. The predicted molar refractivity (Wildman–Crippen MR) is 80.0 cm³/mol. The van der Waals surface area contributed by atoms with Crippen molar-refractivity contribution in [2.45, 2.75) is 25.7 Å². The molecule has 9 heteroatoms. The number of carbonyl (C=O) groups is 2. The lowest BCUT2D eigenvalue weighted by atomic mass is 10.2. The average Bonchev–Trinajstić information content (AvgIpc) is 2.83. The fraction of sp³-hybridized carbons (Fsp3) is 0.583. The molecule has 1 amide bonds. The zero-order valence-corrected chi connectivity index (χ0v) is 13.6. The van der Waals surface area contributed by atoms with Gasteiger partial charge in [-0.05, 0) is 12.8 Å². The lowest BCUT2D eigenvalue weighted by molar-refractivity contribution is -0.140. The molecule has 0 atom stereocenters.